The molecule has 0 aliphatic heterocycles. The van der Waals surface area contributed by atoms with Crippen molar-refractivity contribution in [2.24, 2.45) is 5.73 Å². The van der Waals surface area contributed by atoms with Gasteiger partial charge in [0.05, 0.1) is 12.2 Å². The Labute approximate surface area is 114 Å². The van der Waals surface area contributed by atoms with Gasteiger partial charge in [0, 0.05) is 13.3 Å². The van der Waals surface area contributed by atoms with Crippen LogP contribution < -0.4 is 11.1 Å². The van der Waals surface area contributed by atoms with E-state index in [0.717, 1.165) is 6.20 Å². The second-order valence-electron chi connectivity index (χ2n) is 4.32. The fourth-order valence-corrected chi connectivity index (χ4v) is 1.43. The molecular weight excluding hydrogens is 266 g/mol. The van der Waals surface area contributed by atoms with Gasteiger partial charge in [-0.3, -0.25) is 14.6 Å². The molecule has 1 unspecified atom stereocenters. The third kappa shape index (κ3) is 3.51. The number of primary amides is 1. The number of aromatic nitrogens is 1. The van der Waals surface area contributed by atoms with Crippen LogP contribution in [0.3, 0.4) is 0 Å². The summed E-state index contributed by atoms with van der Waals surface area (Å²) in [6.07, 6.45) is 1.14. The molecule has 0 bridgehead atoms. The van der Waals surface area contributed by atoms with Crippen molar-refractivity contribution in [3.63, 3.8) is 0 Å². The van der Waals surface area contributed by atoms with Crippen molar-refractivity contribution in [1.82, 2.24) is 10.3 Å². The van der Waals surface area contributed by atoms with Gasteiger partial charge in [-0.05, 0) is 19.1 Å². The lowest BCUT2D eigenvalue weighted by Crippen LogP contribution is -2.55. The Morgan fingerprint density at radius 3 is 2.50 bits per heavy atom. The summed E-state index contributed by atoms with van der Waals surface area (Å²) in [4.78, 5) is 37.7. The van der Waals surface area contributed by atoms with Crippen LogP contribution in [0.5, 0.6) is 0 Å². The average molecular weight is 281 g/mol. The Morgan fingerprint density at radius 1 is 1.45 bits per heavy atom. The van der Waals surface area contributed by atoms with E-state index in [2.05, 4.69) is 10.3 Å². The largest absolute Gasteiger partial charge is 0.479 e. The molecule has 0 fully saturated rings. The number of ether oxygens (including phenoxy) is 1. The van der Waals surface area contributed by atoms with Crippen molar-refractivity contribution in [1.29, 1.82) is 0 Å². The first-order chi connectivity index (χ1) is 9.30. The standard InChI is InChI=1S/C12H15N3O5/c1-12(6-20-2,11(18)19)15-10(17)8-4-3-7(5-14-8)9(13)16/h3-5H,6H2,1-2H3,(H2,13,16)(H,15,17)(H,18,19). The van der Waals surface area contributed by atoms with E-state index in [0.29, 0.717) is 0 Å². The highest BCUT2D eigenvalue weighted by atomic mass is 16.5. The van der Waals surface area contributed by atoms with E-state index in [4.69, 9.17) is 15.6 Å². The van der Waals surface area contributed by atoms with Crippen molar-refractivity contribution in [2.45, 2.75) is 12.5 Å². The van der Waals surface area contributed by atoms with Crippen LogP contribution in [-0.4, -0.2) is 47.1 Å². The average Bonchev–Trinajstić information content (AvgIpc) is 2.38. The normalized spacial score (nSPS) is 13.3. The number of carbonyl (C=O) groups is 3. The number of rotatable bonds is 6. The van der Waals surface area contributed by atoms with Crippen LogP contribution >= 0.6 is 0 Å². The molecule has 0 spiro atoms. The van der Waals surface area contributed by atoms with Gasteiger partial charge in [-0.25, -0.2) is 4.79 Å². The monoisotopic (exact) mass is 281 g/mol. The molecule has 8 nitrogen and oxygen atoms in total. The van der Waals surface area contributed by atoms with E-state index in [1.54, 1.807) is 0 Å². The van der Waals surface area contributed by atoms with E-state index in [1.807, 2.05) is 0 Å². The summed E-state index contributed by atoms with van der Waals surface area (Å²) in [6, 6.07) is 2.61. The number of nitrogens with one attached hydrogen (secondary N) is 1. The number of hydrogen-bond acceptors (Lipinski definition) is 5. The number of carboxylic acids is 1. The van der Waals surface area contributed by atoms with Crippen LogP contribution in [0.4, 0.5) is 0 Å². The van der Waals surface area contributed by atoms with Gasteiger partial charge in [-0.2, -0.15) is 0 Å². The summed E-state index contributed by atoms with van der Waals surface area (Å²) in [5.74, 6) is -2.59. The fraction of sp³-hybridized carbons (Fsp3) is 0.333. The summed E-state index contributed by atoms with van der Waals surface area (Å²) in [5.41, 5.74) is 3.60. The molecule has 0 aliphatic rings. The quantitative estimate of drug-likeness (QED) is 0.638. The summed E-state index contributed by atoms with van der Waals surface area (Å²) < 4.78 is 4.78. The van der Waals surface area contributed by atoms with E-state index in [1.165, 1.54) is 26.2 Å². The Bertz CT molecular complexity index is 528. The molecular formula is C12H15N3O5. The smallest absolute Gasteiger partial charge is 0.331 e. The Kier molecular flexibility index (Phi) is 4.76. The number of nitrogens with zero attached hydrogens (tertiary/aromatic N) is 1. The minimum atomic E-state index is -1.57. The number of pyridine rings is 1. The van der Waals surface area contributed by atoms with E-state index in [9.17, 15) is 14.4 Å². The molecule has 20 heavy (non-hydrogen) atoms. The SMILES string of the molecule is COCC(C)(NC(=O)c1ccc(C(N)=O)cn1)C(=O)O. The molecule has 0 saturated carbocycles. The Hall–Kier alpha value is -2.48. The van der Waals surface area contributed by atoms with E-state index >= 15 is 0 Å². The van der Waals surface area contributed by atoms with E-state index in [-0.39, 0.29) is 17.9 Å². The fourth-order valence-electron chi connectivity index (χ4n) is 1.43. The summed E-state index contributed by atoms with van der Waals surface area (Å²) in [5, 5.41) is 11.4. The molecule has 2 amide bonds. The number of carboxylic acid groups (broad SMARTS) is 1. The van der Waals surface area contributed by atoms with Gasteiger partial charge in [0.1, 0.15) is 5.69 Å². The van der Waals surface area contributed by atoms with Crippen molar-refractivity contribution in [2.75, 3.05) is 13.7 Å². The Balaban J connectivity index is 2.89. The highest BCUT2D eigenvalue weighted by Crippen LogP contribution is 2.07. The van der Waals surface area contributed by atoms with Gasteiger partial charge in [0.25, 0.3) is 5.91 Å². The topological polar surface area (TPSA) is 132 Å². The molecule has 0 aliphatic carbocycles. The molecule has 8 heteroatoms. The molecule has 1 aromatic rings. The number of aliphatic carboxylic acids is 1. The predicted molar refractivity (Wildman–Crippen MR) is 68.1 cm³/mol. The first kappa shape index (κ1) is 15.6. The minimum Gasteiger partial charge on any atom is -0.479 e. The van der Waals surface area contributed by atoms with Crippen molar-refractivity contribution in [3.05, 3.63) is 29.6 Å². The summed E-state index contributed by atoms with van der Waals surface area (Å²) in [6.45, 7) is 1.11. The maximum Gasteiger partial charge on any atom is 0.331 e. The lowest BCUT2D eigenvalue weighted by molar-refractivity contribution is -0.145. The number of amides is 2. The van der Waals surface area contributed by atoms with Crippen molar-refractivity contribution in [3.8, 4) is 0 Å². The molecule has 1 rings (SSSR count). The maximum absolute atomic E-state index is 11.9. The van der Waals surface area contributed by atoms with Crippen LogP contribution in [0.25, 0.3) is 0 Å². The molecule has 0 aromatic carbocycles. The molecule has 0 saturated heterocycles. The van der Waals surface area contributed by atoms with Crippen molar-refractivity contribution >= 4 is 17.8 Å². The molecule has 1 atom stereocenters. The lowest BCUT2D eigenvalue weighted by atomic mass is 10.0. The zero-order valence-corrected chi connectivity index (χ0v) is 11.0. The second kappa shape index (κ2) is 6.11. The van der Waals surface area contributed by atoms with Gasteiger partial charge in [-0.15, -0.1) is 0 Å². The number of carbonyl (C=O) groups excluding carboxylic acids is 2. The minimum absolute atomic E-state index is 0.0291. The van der Waals surface area contributed by atoms with Crippen LogP contribution in [-0.2, 0) is 9.53 Å². The molecule has 1 heterocycles. The highest BCUT2D eigenvalue weighted by molar-refractivity contribution is 5.97. The number of nitrogens with two attached hydrogens (primary N) is 1. The zero-order valence-electron chi connectivity index (χ0n) is 11.0. The first-order valence-electron chi connectivity index (χ1n) is 5.61. The number of methoxy groups -OCH3 is 1. The van der Waals surface area contributed by atoms with Gasteiger partial charge in [-0.1, -0.05) is 0 Å². The predicted octanol–water partition coefficient (Wildman–Crippen LogP) is -0.600. The molecule has 1 aromatic heterocycles. The van der Waals surface area contributed by atoms with E-state index < -0.39 is 23.3 Å². The maximum atomic E-state index is 11.9. The van der Waals surface area contributed by atoms with Gasteiger partial charge < -0.3 is 20.9 Å². The van der Waals surface area contributed by atoms with Gasteiger partial charge >= 0.3 is 5.97 Å². The Morgan fingerprint density at radius 2 is 2.10 bits per heavy atom. The summed E-state index contributed by atoms with van der Waals surface area (Å²) in [7, 11) is 1.33. The number of hydrogen-bond donors (Lipinski definition) is 3. The third-order valence-electron chi connectivity index (χ3n) is 2.58. The highest BCUT2D eigenvalue weighted by Gasteiger charge is 2.35. The summed E-state index contributed by atoms with van der Waals surface area (Å²) >= 11 is 0. The van der Waals surface area contributed by atoms with Gasteiger partial charge in [0.15, 0.2) is 5.54 Å². The van der Waals surface area contributed by atoms with Crippen molar-refractivity contribution < 1.29 is 24.2 Å². The van der Waals surface area contributed by atoms with Crippen LogP contribution in [0.2, 0.25) is 0 Å². The first-order valence-corrected chi connectivity index (χ1v) is 5.61. The molecule has 4 N–H and O–H groups in total. The third-order valence-corrected chi connectivity index (χ3v) is 2.58. The van der Waals surface area contributed by atoms with Gasteiger partial charge in [0.2, 0.25) is 5.91 Å². The second-order valence-corrected chi connectivity index (χ2v) is 4.32. The lowest BCUT2D eigenvalue weighted by Gasteiger charge is -2.24. The van der Waals surface area contributed by atoms with Crippen LogP contribution in [0, 0.1) is 0 Å². The van der Waals surface area contributed by atoms with Crippen LogP contribution in [0.15, 0.2) is 18.3 Å². The zero-order chi connectivity index (χ0) is 15.3. The molecule has 0 radical (unpaired) electrons. The molecule has 108 valence electrons. The van der Waals surface area contributed by atoms with Crippen LogP contribution in [0.1, 0.15) is 27.8 Å².